The van der Waals surface area contributed by atoms with Gasteiger partial charge in [0.1, 0.15) is 0 Å². The fourth-order valence-electron chi connectivity index (χ4n) is 1.00. The van der Waals surface area contributed by atoms with Gasteiger partial charge in [-0.05, 0) is 24.8 Å². The lowest BCUT2D eigenvalue weighted by molar-refractivity contribution is -0.117. The van der Waals surface area contributed by atoms with Crippen LogP contribution in [-0.2, 0) is 4.79 Å². The van der Waals surface area contributed by atoms with E-state index >= 15 is 0 Å². The quantitative estimate of drug-likeness (QED) is 0.528. The second-order valence-electron chi connectivity index (χ2n) is 2.76. The molecule has 12 heavy (non-hydrogen) atoms. The highest BCUT2D eigenvalue weighted by Gasteiger charge is 2.01. The summed E-state index contributed by atoms with van der Waals surface area (Å²) in [5.74, 6) is -0.344. The van der Waals surface area contributed by atoms with Crippen LogP contribution >= 0.6 is 0 Å². The molecule has 0 fully saturated rings. The Morgan fingerprint density at radius 3 is 3.17 bits per heavy atom. The molecule has 1 aliphatic heterocycles. The number of nitrogens with one attached hydrogen (secondary N) is 2. The minimum Gasteiger partial charge on any atom is -0.385 e. The molecule has 0 aromatic rings. The van der Waals surface area contributed by atoms with E-state index < -0.39 is 0 Å². The van der Waals surface area contributed by atoms with Crippen LogP contribution in [0.4, 0.5) is 0 Å². The van der Waals surface area contributed by atoms with Crippen LogP contribution in [0, 0.1) is 0 Å². The van der Waals surface area contributed by atoms with E-state index in [0.717, 1.165) is 17.8 Å². The SMILES string of the molecule is CC1=CNCC(NCC(N)=O)=C1. The maximum absolute atomic E-state index is 10.4. The van der Waals surface area contributed by atoms with Gasteiger partial charge in [0, 0.05) is 5.70 Å². The Hall–Kier alpha value is -1.45. The van der Waals surface area contributed by atoms with E-state index in [0.29, 0.717) is 0 Å². The fourth-order valence-corrected chi connectivity index (χ4v) is 1.00. The number of rotatable bonds is 3. The van der Waals surface area contributed by atoms with Crippen molar-refractivity contribution < 1.29 is 4.79 Å². The third kappa shape index (κ3) is 2.65. The highest BCUT2D eigenvalue weighted by molar-refractivity contribution is 5.76. The van der Waals surface area contributed by atoms with Gasteiger partial charge >= 0.3 is 0 Å². The number of amides is 1. The Morgan fingerprint density at radius 2 is 2.58 bits per heavy atom. The van der Waals surface area contributed by atoms with Crippen LogP contribution < -0.4 is 16.4 Å². The van der Waals surface area contributed by atoms with Crippen LogP contribution in [0.5, 0.6) is 0 Å². The Kier molecular flexibility index (Phi) is 2.74. The second kappa shape index (κ2) is 3.80. The summed E-state index contributed by atoms with van der Waals surface area (Å²) in [5, 5.41) is 6.00. The number of carbonyl (C=O) groups is 1. The van der Waals surface area contributed by atoms with E-state index in [2.05, 4.69) is 10.6 Å². The predicted octanol–water partition coefficient (Wildman–Crippen LogP) is -0.548. The first-order chi connectivity index (χ1) is 5.68. The zero-order chi connectivity index (χ0) is 8.97. The third-order valence-corrected chi connectivity index (χ3v) is 1.51. The molecule has 4 nitrogen and oxygen atoms in total. The van der Waals surface area contributed by atoms with Gasteiger partial charge in [-0.1, -0.05) is 0 Å². The molecule has 0 atom stereocenters. The zero-order valence-corrected chi connectivity index (χ0v) is 7.05. The van der Waals surface area contributed by atoms with Crippen LogP contribution in [0.25, 0.3) is 0 Å². The van der Waals surface area contributed by atoms with Gasteiger partial charge in [-0.3, -0.25) is 4.79 Å². The number of allylic oxidation sites excluding steroid dienone is 2. The highest BCUT2D eigenvalue weighted by Crippen LogP contribution is 2.02. The molecule has 1 rings (SSSR count). The summed E-state index contributed by atoms with van der Waals surface area (Å²) in [4.78, 5) is 10.4. The Bertz CT molecular complexity index is 243. The molecule has 0 spiro atoms. The summed E-state index contributed by atoms with van der Waals surface area (Å²) in [6.45, 7) is 2.91. The third-order valence-electron chi connectivity index (χ3n) is 1.51. The molecule has 4 N–H and O–H groups in total. The second-order valence-corrected chi connectivity index (χ2v) is 2.76. The molecular formula is C8H13N3O. The van der Waals surface area contributed by atoms with Gasteiger partial charge in [-0.15, -0.1) is 0 Å². The van der Waals surface area contributed by atoms with Crippen LogP contribution in [0.3, 0.4) is 0 Å². The van der Waals surface area contributed by atoms with Gasteiger partial charge in [0.05, 0.1) is 13.1 Å². The zero-order valence-electron chi connectivity index (χ0n) is 7.05. The van der Waals surface area contributed by atoms with E-state index in [-0.39, 0.29) is 12.5 Å². The van der Waals surface area contributed by atoms with Gasteiger partial charge in [0.15, 0.2) is 0 Å². The first-order valence-corrected chi connectivity index (χ1v) is 3.81. The topological polar surface area (TPSA) is 67.2 Å². The van der Waals surface area contributed by atoms with E-state index in [4.69, 9.17) is 5.73 Å². The van der Waals surface area contributed by atoms with Crippen molar-refractivity contribution >= 4 is 5.91 Å². The first kappa shape index (κ1) is 8.64. The van der Waals surface area contributed by atoms with Gasteiger partial charge in [0.2, 0.25) is 5.91 Å². The van der Waals surface area contributed by atoms with Gasteiger partial charge in [-0.25, -0.2) is 0 Å². The summed E-state index contributed by atoms with van der Waals surface area (Å²) >= 11 is 0. The molecule has 0 saturated heterocycles. The first-order valence-electron chi connectivity index (χ1n) is 3.81. The fraction of sp³-hybridized carbons (Fsp3) is 0.375. The molecule has 1 amide bonds. The molecule has 1 heterocycles. The lowest BCUT2D eigenvalue weighted by atomic mass is 10.2. The summed E-state index contributed by atoms with van der Waals surface area (Å²) in [7, 11) is 0. The number of dihydropyridines is 1. The average Bonchev–Trinajstić information content (AvgIpc) is 2.01. The molecule has 66 valence electrons. The highest BCUT2D eigenvalue weighted by atomic mass is 16.1. The molecule has 0 unspecified atom stereocenters. The normalized spacial score (nSPS) is 15.8. The smallest absolute Gasteiger partial charge is 0.236 e. The summed E-state index contributed by atoms with van der Waals surface area (Å²) < 4.78 is 0. The molecule has 0 aromatic carbocycles. The minimum absolute atomic E-state index is 0.195. The number of carbonyl (C=O) groups excluding carboxylic acids is 1. The Labute approximate surface area is 71.5 Å². The Morgan fingerprint density at radius 1 is 1.83 bits per heavy atom. The van der Waals surface area contributed by atoms with Crippen molar-refractivity contribution in [3.8, 4) is 0 Å². The number of primary amides is 1. The minimum atomic E-state index is -0.344. The monoisotopic (exact) mass is 167 g/mol. The molecule has 4 heteroatoms. The van der Waals surface area contributed by atoms with E-state index in [1.165, 1.54) is 0 Å². The molecule has 0 radical (unpaired) electrons. The average molecular weight is 167 g/mol. The Balaban J connectivity index is 2.42. The van der Waals surface area contributed by atoms with Crippen LogP contribution in [0.15, 0.2) is 23.5 Å². The summed E-state index contributed by atoms with van der Waals surface area (Å²) in [6.07, 6.45) is 3.91. The molecule has 0 saturated carbocycles. The van der Waals surface area contributed by atoms with Gasteiger partial charge in [-0.2, -0.15) is 0 Å². The van der Waals surface area contributed by atoms with Crippen LogP contribution in [0.2, 0.25) is 0 Å². The van der Waals surface area contributed by atoms with Crippen LogP contribution in [0.1, 0.15) is 6.92 Å². The van der Waals surface area contributed by atoms with Crippen molar-refractivity contribution in [1.82, 2.24) is 10.6 Å². The van der Waals surface area contributed by atoms with Gasteiger partial charge < -0.3 is 16.4 Å². The predicted molar refractivity (Wildman–Crippen MR) is 47.0 cm³/mol. The number of nitrogens with two attached hydrogens (primary N) is 1. The molecule has 0 aromatic heterocycles. The van der Waals surface area contributed by atoms with Crippen molar-refractivity contribution in [3.05, 3.63) is 23.5 Å². The van der Waals surface area contributed by atoms with E-state index in [1.54, 1.807) is 0 Å². The van der Waals surface area contributed by atoms with Crippen LogP contribution in [-0.4, -0.2) is 19.0 Å². The lowest BCUT2D eigenvalue weighted by Gasteiger charge is -2.14. The van der Waals surface area contributed by atoms with Crippen molar-refractivity contribution in [2.75, 3.05) is 13.1 Å². The largest absolute Gasteiger partial charge is 0.385 e. The molecule has 1 aliphatic rings. The van der Waals surface area contributed by atoms with Crippen molar-refractivity contribution in [2.24, 2.45) is 5.73 Å². The summed E-state index contributed by atoms with van der Waals surface area (Å²) in [6, 6.07) is 0. The number of hydrogen-bond donors (Lipinski definition) is 3. The van der Waals surface area contributed by atoms with Crippen molar-refractivity contribution in [1.29, 1.82) is 0 Å². The van der Waals surface area contributed by atoms with Gasteiger partial charge in [0.25, 0.3) is 0 Å². The van der Waals surface area contributed by atoms with Crippen molar-refractivity contribution in [3.63, 3.8) is 0 Å². The molecule has 0 bridgehead atoms. The maximum atomic E-state index is 10.4. The molecule has 0 aliphatic carbocycles. The maximum Gasteiger partial charge on any atom is 0.236 e. The standard InChI is InChI=1S/C8H13N3O/c1-6-2-7(4-10-3-6)11-5-8(9)12/h2-3,10-11H,4-5H2,1H3,(H2,9,12). The van der Waals surface area contributed by atoms with E-state index in [9.17, 15) is 4.79 Å². The lowest BCUT2D eigenvalue weighted by Crippen LogP contribution is -2.32. The van der Waals surface area contributed by atoms with Crippen molar-refractivity contribution in [2.45, 2.75) is 6.92 Å². The summed E-state index contributed by atoms with van der Waals surface area (Å²) in [5.41, 5.74) is 7.11. The molecular weight excluding hydrogens is 154 g/mol. The number of hydrogen-bond acceptors (Lipinski definition) is 3. The van der Waals surface area contributed by atoms with E-state index in [1.807, 2.05) is 19.2 Å².